The molecule has 5 nitrogen and oxygen atoms in total. The molecule has 0 atom stereocenters. The Morgan fingerprint density at radius 2 is 1.90 bits per heavy atom. The fraction of sp³-hybridized carbons (Fsp3) is 0.0667. The maximum atomic E-state index is 6.05. The normalized spacial score (nSPS) is 10.6. The largest absolute Gasteiger partial charge is 0.339 e. The van der Waals surface area contributed by atoms with E-state index in [2.05, 4.69) is 20.7 Å². The number of rotatable bonds is 3. The first kappa shape index (κ1) is 13.6. The quantitative estimate of drug-likeness (QED) is 0.509. The molecule has 3 rings (SSSR count). The molecule has 0 aliphatic rings. The van der Waals surface area contributed by atoms with E-state index in [9.17, 15) is 0 Å². The summed E-state index contributed by atoms with van der Waals surface area (Å²) in [6, 6.07) is 13.4. The lowest BCUT2D eigenvalue weighted by Gasteiger charge is -2.12. The molecule has 2 aromatic carbocycles. The van der Waals surface area contributed by atoms with Crippen LogP contribution in [-0.2, 0) is 0 Å². The molecule has 106 valence electrons. The Hall–Kier alpha value is -2.37. The Kier molecular flexibility index (Phi) is 3.60. The number of anilines is 3. The molecule has 0 unspecified atom stereocenters. The summed E-state index contributed by atoms with van der Waals surface area (Å²) in [6.45, 7) is 2.00. The minimum Gasteiger partial charge on any atom is -0.339 e. The molecule has 0 amide bonds. The highest BCUT2D eigenvalue weighted by Gasteiger charge is 2.08. The van der Waals surface area contributed by atoms with Gasteiger partial charge in [0.1, 0.15) is 5.82 Å². The van der Waals surface area contributed by atoms with Crippen LogP contribution in [0.5, 0.6) is 0 Å². The predicted molar refractivity (Wildman–Crippen MR) is 86.8 cm³/mol. The Bertz CT molecular complexity index is 803. The van der Waals surface area contributed by atoms with Crippen molar-refractivity contribution in [2.45, 2.75) is 6.92 Å². The number of nitrogens with one attached hydrogen (secondary N) is 2. The van der Waals surface area contributed by atoms with Crippen LogP contribution in [0.4, 0.5) is 17.5 Å². The summed E-state index contributed by atoms with van der Waals surface area (Å²) < 4.78 is 0. The first-order chi connectivity index (χ1) is 10.2. The number of nitrogens with two attached hydrogens (primary N) is 1. The van der Waals surface area contributed by atoms with E-state index in [0.717, 1.165) is 22.2 Å². The van der Waals surface area contributed by atoms with Gasteiger partial charge in [-0.2, -0.15) is 4.98 Å². The standard InChI is InChI=1S/C15H14ClN5/c1-9-6-7-10(16)8-13(9)18-14-11-4-2-3-5-12(11)19-15(20-14)21-17/h2-8H,17H2,1H3,(H2,18,19,20,21). The average molecular weight is 300 g/mol. The summed E-state index contributed by atoms with van der Waals surface area (Å²) in [5.41, 5.74) is 5.26. The van der Waals surface area contributed by atoms with E-state index < -0.39 is 0 Å². The minimum atomic E-state index is 0.357. The molecular weight excluding hydrogens is 286 g/mol. The van der Waals surface area contributed by atoms with E-state index in [1.54, 1.807) is 0 Å². The van der Waals surface area contributed by atoms with Crippen LogP contribution >= 0.6 is 11.6 Å². The van der Waals surface area contributed by atoms with Crippen molar-refractivity contribution in [3.8, 4) is 0 Å². The lowest BCUT2D eigenvalue weighted by atomic mass is 10.2. The van der Waals surface area contributed by atoms with Crippen LogP contribution in [0, 0.1) is 6.92 Å². The fourth-order valence-corrected chi connectivity index (χ4v) is 2.26. The van der Waals surface area contributed by atoms with Crippen molar-refractivity contribution in [2.75, 3.05) is 10.7 Å². The molecule has 0 bridgehead atoms. The van der Waals surface area contributed by atoms with Gasteiger partial charge >= 0.3 is 0 Å². The summed E-state index contributed by atoms with van der Waals surface area (Å²) in [7, 11) is 0. The highest BCUT2D eigenvalue weighted by atomic mass is 35.5. The summed E-state index contributed by atoms with van der Waals surface area (Å²) in [5.74, 6) is 6.47. The first-order valence-corrected chi connectivity index (χ1v) is 6.82. The van der Waals surface area contributed by atoms with Crippen molar-refractivity contribution in [1.29, 1.82) is 0 Å². The molecule has 0 saturated carbocycles. The van der Waals surface area contributed by atoms with E-state index in [1.165, 1.54) is 0 Å². The van der Waals surface area contributed by atoms with Crippen molar-refractivity contribution in [1.82, 2.24) is 9.97 Å². The number of halogens is 1. The second-order valence-corrected chi connectivity index (χ2v) is 5.08. The van der Waals surface area contributed by atoms with Crippen LogP contribution in [0.15, 0.2) is 42.5 Å². The molecule has 0 fully saturated rings. The fourth-order valence-electron chi connectivity index (χ4n) is 2.09. The Morgan fingerprint density at radius 1 is 1.10 bits per heavy atom. The third-order valence-corrected chi connectivity index (χ3v) is 3.42. The Labute approximate surface area is 127 Å². The van der Waals surface area contributed by atoms with Crippen LogP contribution in [0.1, 0.15) is 5.56 Å². The highest BCUT2D eigenvalue weighted by Crippen LogP contribution is 2.28. The zero-order valence-electron chi connectivity index (χ0n) is 11.4. The van der Waals surface area contributed by atoms with Gasteiger partial charge < -0.3 is 5.32 Å². The number of hydrazine groups is 1. The van der Waals surface area contributed by atoms with Gasteiger partial charge in [0.2, 0.25) is 5.95 Å². The average Bonchev–Trinajstić information content (AvgIpc) is 2.50. The van der Waals surface area contributed by atoms with Crippen LogP contribution in [0.3, 0.4) is 0 Å². The summed E-state index contributed by atoms with van der Waals surface area (Å²) in [6.07, 6.45) is 0. The number of fused-ring (bicyclic) bond motifs is 1. The van der Waals surface area contributed by atoms with Crippen molar-refractivity contribution in [3.63, 3.8) is 0 Å². The van der Waals surface area contributed by atoms with Gasteiger partial charge in [0.15, 0.2) is 0 Å². The van der Waals surface area contributed by atoms with E-state index in [4.69, 9.17) is 17.4 Å². The molecule has 6 heteroatoms. The number of hydrogen-bond donors (Lipinski definition) is 3. The third-order valence-electron chi connectivity index (χ3n) is 3.19. The maximum absolute atomic E-state index is 6.05. The lowest BCUT2D eigenvalue weighted by molar-refractivity contribution is 1.15. The predicted octanol–water partition coefficient (Wildman–Crippen LogP) is 3.62. The molecule has 1 aromatic heterocycles. The molecule has 0 aliphatic heterocycles. The van der Waals surface area contributed by atoms with Crippen molar-refractivity contribution < 1.29 is 0 Å². The van der Waals surface area contributed by atoms with E-state index in [0.29, 0.717) is 16.8 Å². The molecule has 4 N–H and O–H groups in total. The molecular formula is C15H14ClN5. The molecule has 1 heterocycles. The summed E-state index contributed by atoms with van der Waals surface area (Å²) >= 11 is 6.05. The Morgan fingerprint density at radius 3 is 2.71 bits per heavy atom. The molecule has 3 aromatic rings. The van der Waals surface area contributed by atoms with Gasteiger partial charge in [-0.25, -0.2) is 10.8 Å². The van der Waals surface area contributed by atoms with Gasteiger partial charge in [-0.3, -0.25) is 5.43 Å². The van der Waals surface area contributed by atoms with Crippen molar-refractivity contribution in [3.05, 3.63) is 53.1 Å². The first-order valence-electron chi connectivity index (χ1n) is 6.44. The molecule has 0 spiro atoms. The molecule has 0 aliphatic carbocycles. The second kappa shape index (κ2) is 5.55. The topological polar surface area (TPSA) is 75.9 Å². The number of aryl methyl sites for hydroxylation is 1. The van der Waals surface area contributed by atoms with Gasteiger partial charge in [-0.15, -0.1) is 0 Å². The van der Waals surface area contributed by atoms with E-state index in [-0.39, 0.29) is 0 Å². The van der Waals surface area contributed by atoms with Gasteiger partial charge in [-0.1, -0.05) is 29.8 Å². The second-order valence-electron chi connectivity index (χ2n) is 4.64. The number of para-hydroxylation sites is 1. The SMILES string of the molecule is Cc1ccc(Cl)cc1Nc1nc(NN)nc2ccccc12. The van der Waals surface area contributed by atoms with Crippen LogP contribution in [-0.4, -0.2) is 9.97 Å². The van der Waals surface area contributed by atoms with Gasteiger partial charge in [0, 0.05) is 16.1 Å². The van der Waals surface area contributed by atoms with Crippen LogP contribution in [0.2, 0.25) is 5.02 Å². The third kappa shape index (κ3) is 2.74. The zero-order valence-corrected chi connectivity index (χ0v) is 12.1. The highest BCUT2D eigenvalue weighted by molar-refractivity contribution is 6.30. The van der Waals surface area contributed by atoms with Crippen LogP contribution in [0.25, 0.3) is 10.9 Å². The molecule has 0 radical (unpaired) electrons. The van der Waals surface area contributed by atoms with E-state index >= 15 is 0 Å². The zero-order chi connectivity index (χ0) is 14.8. The number of nitrogens with zero attached hydrogens (tertiary/aromatic N) is 2. The molecule has 21 heavy (non-hydrogen) atoms. The number of benzene rings is 2. The van der Waals surface area contributed by atoms with E-state index in [1.807, 2.05) is 49.4 Å². The number of aromatic nitrogens is 2. The summed E-state index contributed by atoms with van der Waals surface area (Å²) in [4.78, 5) is 8.71. The number of nitrogen functional groups attached to an aromatic ring is 1. The van der Waals surface area contributed by atoms with Crippen molar-refractivity contribution in [2.24, 2.45) is 5.84 Å². The van der Waals surface area contributed by atoms with Gasteiger partial charge in [0.25, 0.3) is 0 Å². The number of hydrogen-bond acceptors (Lipinski definition) is 5. The van der Waals surface area contributed by atoms with Gasteiger partial charge in [-0.05, 0) is 36.8 Å². The Balaban J connectivity index is 2.13. The lowest BCUT2D eigenvalue weighted by Crippen LogP contribution is -2.11. The summed E-state index contributed by atoms with van der Waals surface area (Å²) in [5, 5.41) is 4.88. The van der Waals surface area contributed by atoms with Crippen LogP contribution < -0.4 is 16.6 Å². The monoisotopic (exact) mass is 299 g/mol. The van der Waals surface area contributed by atoms with Crippen molar-refractivity contribution >= 4 is 40.0 Å². The van der Waals surface area contributed by atoms with Gasteiger partial charge in [0.05, 0.1) is 5.52 Å². The minimum absolute atomic E-state index is 0.357. The molecule has 0 saturated heterocycles. The maximum Gasteiger partial charge on any atom is 0.239 e. The smallest absolute Gasteiger partial charge is 0.239 e.